The highest BCUT2D eigenvalue weighted by molar-refractivity contribution is 5.88. The van der Waals surface area contributed by atoms with Crippen molar-refractivity contribution in [1.82, 2.24) is 20.1 Å². The molecule has 0 saturated heterocycles. The molecule has 0 spiro atoms. The van der Waals surface area contributed by atoms with Gasteiger partial charge in [0.1, 0.15) is 0 Å². The Labute approximate surface area is 122 Å². The third-order valence-electron chi connectivity index (χ3n) is 3.13. The molecular formula is C14H19N5O2. The van der Waals surface area contributed by atoms with Crippen molar-refractivity contribution in [2.24, 2.45) is 0 Å². The van der Waals surface area contributed by atoms with Crippen molar-refractivity contribution in [2.45, 2.75) is 33.9 Å². The number of aryl methyl sites for hydroxylation is 3. The van der Waals surface area contributed by atoms with E-state index in [1.54, 1.807) is 17.1 Å². The van der Waals surface area contributed by atoms with Crippen LogP contribution in [0.4, 0.5) is 10.5 Å². The maximum absolute atomic E-state index is 11.8. The summed E-state index contributed by atoms with van der Waals surface area (Å²) >= 11 is 0. The molecule has 21 heavy (non-hydrogen) atoms. The van der Waals surface area contributed by atoms with Crippen LogP contribution >= 0.6 is 0 Å². The number of carbonyl (C=O) groups is 1. The highest BCUT2D eigenvalue weighted by Crippen LogP contribution is 2.05. The van der Waals surface area contributed by atoms with Crippen molar-refractivity contribution in [3.8, 4) is 0 Å². The van der Waals surface area contributed by atoms with Gasteiger partial charge in [0.25, 0.3) is 5.56 Å². The van der Waals surface area contributed by atoms with E-state index in [4.69, 9.17) is 0 Å². The molecule has 112 valence electrons. The van der Waals surface area contributed by atoms with Crippen LogP contribution in [0, 0.1) is 13.8 Å². The second-order valence-corrected chi connectivity index (χ2v) is 4.84. The van der Waals surface area contributed by atoms with Gasteiger partial charge in [0.15, 0.2) is 0 Å². The van der Waals surface area contributed by atoms with Gasteiger partial charge in [-0.15, -0.1) is 0 Å². The minimum absolute atomic E-state index is 0.174. The normalized spacial score (nSPS) is 10.4. The summed E-state index contributed by atoms with van der Waals surface area (Å²) in [7, 11) is 0. The molecule has 0 aliphatic heterocycles. The van der Waals surface area contributed by atoms with Gasteiger partial charge in [0.05, 0.1) is 18.4 Å². The minimum Gasteiger partial charge on any atom is -0.334 e. The predicted molar refractivity (Wildman–Crippen MR) is 80.3 cm³/mol. The minimum atomic E-state index is -0.370. The summed E-state index contributed by atoms with van der Waals surface area (Å²) in [5.74, 6) is 0. The van der Waals surface area contributed by atoms with E-state index < -0.39 is 0 Å². The monoisotopic (exact) mass is 289 g/mol. The molecule has 0 radical (unpaired) electrons. The van der Waals surface area contributed by atoms with E-state index >= 15 is 0 Å². The molecule has 0 atom stereocenters. The van der Waals surface area contributed by atoms with Crippen molar-refractivity contribution < 1.29 is 4.79 Å². The summed E-state index contributed by atoms with van der Waals surface area (Å²) in [6, 6.07) is 1.51. The summed E-state index contributed by atoms with van der Waals surface area (Å²) in [6.07, 6.45) is 3.32. The number of hydrogen-bond acceptors (Lipinski definition) is 3. The number of H-pyrrole nitrogens is 1. The van der Waals surface area contributed by atoms with Gasteiger partial charge >= 0.3 is 6.03 Å². The van der Waals surface area contributed by atoms with Crippen LogP contribution < -0.4 is 16.2 Å². The van der Waals surface area contributed by atoms with Gasteiger partial charge in [-0.3, -0.25) is 9.48 Å². The zero-order valence-electron chi connectivity index (χ0n) is 12.4. The SMILES string of the molecule is CCn1cc(NC(=O)NCc2c(C)cc(C)[nH]c2=O)cn1. The fourth-order valence-corrected chi connectivity index (χ4v) is 2.05. The molecule has 0 aromatic carbocycles. The Morgan fingerprint density at radius 3 is 2.81 bits per heavy atom. The molecule has 7 heteroatoms. The summed E-state index contributed by atoms with van der Waals surface area (Å²) in [5, 5.41) is 9.40. The molecule has 2 aromatic heterocycles. The maximum Gasteiger partial charge on any atom is 0.319 e. The lowest BCUT2D eigenvalue weighted by Crippen LogP contribution is -2.31. The number of anilines is 1. The first-order chi connectivity index (χ1) is 9.99. The van der Waals surface area contributed by atoms with Crippen LogP contribution in [0.5, 0.6) is 0 Å². The van der Waals surface area contributed by atoms with E-state index in [2.05, 4.69) is 20.7 Å². The summed E-state index contributed by atoms with van der Waals surface area (Å²) in [6.45, 7) is 6.55. The lowest BCUT2D eigenvalue weighted by atomic mass is 10.1. The molecule has 0 bridgehead atoms. The second-order valence-electron chi connectivity index (χ2n) is 4.84. The summed E-state index contributed by atoms with van der Waals surface area (Å²) in [4.78, 5) is 26.4. The van der Waals surface area contributed by atoms with E-state index in [9.17, 15) is 9.59 Å². The van der Waals surface area contributed by atoms with Gasteiger partial charge in [0.2, 0.25) is 0 Å². The first-order valence-electron chi connectivity index (χ1n) is 6.76. The Kier molecular flexibility index (Phi) is 4.42. The van der Waals surface area contributed by atoms with Crippen LogP contribution in [0.1, 0.15) is 23.7 Å². The van der Waals surface area contributed by atoms with Gasteiger partial charge in [-0.05, 0) is 32.4 Å². The Balaban J connectivity index is 1.97. The molecule has 0 unspecified atom stereocenters. The first kappa shape index (κ1) is 14.8. The highest BCUT2D eigenvalue weighted by Gasteiger charge is 2.08. The number of pyridine rings is 1. The number of aromatic amines is 1. The van der Waals surface area contributed by atoms with Crippen LogP contribution in [0.15, 0.2) is 23.3 Å². The first-order valence-corrected chi connectivity index (χ1v) is 6.76. The molecule has 2 aromatic rings. The van der Waals surface area contributed by atoms with Crippen LogP contribution in [-0.2, 0) is 13.1 Å². The number of nitrogens with one attached hydrogen (secondary N) is 3. The molecule has 0 aliphatic carbocycles. The van der Waals surface area contributed by atoms with Crippen molar-refractivity contribution >= 4 is 11.7 Å². The van der Waals surface area contributed by atoms with Gasteiger partial charge in [0, 0.05) is 24.0 Å². The number of aromatic nitrogens is 3. The van der Waals surface area contributed by atoms with Crippen LogP contribution in [0.2, 0.25) is 0 Å². The molecule has 3 N–H and O–H groups in total. The number of amides is 2. The Hall–Kier alpha value is -2.57. The second kappa shape index (κ2) is 6.25. The number of rotatable bonds is 4. The zero-order chi connectivity index (χ0) is 15.4. The smallest absolute Gasteiger partial charge is 0.319 e. The van der Waals surface area contributed by atoms with E-state index in [0.717, 1.165) is 17.8 Å². The van der Waals surface area contributed by atoms with E-state index in [1.165, 1.54) is 0 Å². The van der Waals surface area contributed by atoms with E-state index in [-0.39, 0.29) is 18.1 Å². The van der Waals surface area contributed by atoms with Gasteiger partial charge in [-0.1, -0.05) is 0 Å². The average Bonchev–Trinajstić information content (AvgIpc) is 2.85. The largest absolute Gasteiger partial charge is 0.334 e. The van der Waals surface area contributed by atoms with E-state index in [1.807, 2.05) is 26.8 Å². The van der Waals surface area contributed by atoms with Crippen LogP contribution in [-0.4, -0.2) is 20.8 Å². The molecule has 0 saturated carbocycles. The number of urea groups is 1. The van der Waals surface area contributed by atoms with Crippen molar-refractivity contribution in [2.75, 3.05) is 5.32 Å². The third-order valence-corrected chi connectivity index (χ3v) is 3.13. The molecular weight excluding hydrogens is 270 g/mol. The summed E-state index contributed by atoms with van der Waals surface area (Å²) < 4.78 is 1.71. The number of hydrogen-bond donors (Lipinski definition) is 3. The fraction of sp³-hybridized carbons (Fsp3) is 0.357. The molecule has 2 heterocycles. The average molecular weight is 289 g/mol. The van der Waals surface area contributed by atoms with E-state index in [0.29, 0.717) is 11.3 Å². The molecule has 2 amide bonds. The van der Waals surface area contributed by atoms with Gasteiger partial charge < -0.3 is 15.6 Å². The lowest BCUT2D eigenvalue weighted by molar-refractivity contribution is 0.251. The Morgan fingerprint density at radius 1 is 1.43 bits per heavy atom. The third kappa shape index (κ3) is 3.71. The lowest BCUT2D eigenvalue weighted by Gasteiger charge is -2.08. The Bertz CT molecular complexity index is 702. The number of carbonyl (C=O) groups excluding carboxylic acids is 1. The van der Waals surface area contributed by atoms with Gasteiger partial charge in [-0.25, -0.2) is 4.79 Å². The molecule has 7 nitrogen and oxygen atoms in total. The van der Waals surface area contributed by atoms with Crippen molar-refractivity contribution in [3.05, 3.63) is 45.6 Å². The zero-order valence-corrected chi connectivity index (χ0v) is 12.4. The van der Waals surface area contributed by atoms with Gasteiger partial charge in [-0.2, -0.15) is 5.10 Å². The van der Waals surface area contributed by atoms with Crippen molar-refractivity contribution in [1.29, 1.82) is 0 Å². The molecule has 0 fully saturated rings. The molecule has 0 aliphatic rings. The van der Waals surface area contributed by atoms with Crippen LogP contribution in [0.3, 0.4) is 0 Å². The Morgan fingerprint density at radius 2 is 2.19 bits per heavy atom. The van der Waals surface area contributed by atoms with Crippen molar-refractivity contribution in [3.63, 3.8) is 0 Å². The summed E-state index contributed by atoms with van der Waals surface area (Å²) in [5.41, 5.74) is 2.66. The topological polar surface area (TPSA) is 91.8 Å². The maximum atomic E-state index is 11.8. The number of nitrogens with zero attached hydrogens (tertiary/aromatic N) is 2. The molecule has 2 rings (SSSR count). The fourth-order valence-electron chi connectivity index (χ4n) is 2.05. The predicted octanol–water partition coefficient (Wildman–Crippen LogP) is 1.53. The standard InChI is InChI=1S/C14H19N5O2/c1-4-19-8-11(6-16-19)18-14(21)15-7-12-9(2)5-10(3)17-13(12)20/h5-6,8H,4,7H2,1-3H3,(H,17,20)(H2,15,18,21). The quantitative estimate of drug-likeness (QED) is 0.797. The van der Waals surface area contributed by atoms with Crippen LogP contribution in [0.25, 0.3) is 0 Å². The highest BCUT2D eigenvalue weighted by atomic mass is 16.2.